The average Bonchev–Trinajstić information content (AvgIpc) is 3.19. The van der Waals surface area contributed by atoms with Crippen LogP contribution in [-0.4, -0.2) is 74.4 Å². The van der Waals surface area contributed by atoms with Gasteiger partial charge in [-0.1, -0.05) is 13.0 Å². The monoisotopic (exact) mass is 428 g/mol. The standard InChI is InChI=1S/C23H32N4O4/c1-2-22-7-6-17(27(22)21(29)30)14-18(15-22)26-11-8-23(9-12-26)19(25-20(28)31-23)13-16-5-3-4-10-24-16/h3-5,10,17-19H,2,6-9,11-15H2,1H3,(H,25,28)(H,29,30). The number of fused-ring (bicyclic) bond motifs is 2. The van der Waals surface area contributed by atoms with Crippen molar-refractivity contribution < 1.29 is 19.4 Å². The minimum absolute atomic E-state index is 0.0657. The van der Waals surface area contributed by atoms with Crippen LogP contribution in [0, 0.1) is 0 Å². The zero-order valence-electron chi connectivity index (χ0n) is 18.1. The number of hydrogen-bond acceptors (Lipinski definition) is 5. The number of alkyl carbamates (subject to hydrolysis) is 1. The molecule has 2 amide bonds. The fourth-order valence-electron chi connectivity index (χ4n) is 6.70. The Morgan fingerprint density at radius 3 is 2.77 bits per heavy atom. The molecule has 8 heteroatoms. The maximum absolute atomic E-state index is 12.1. The van der Waals surface area contributed by atoms with Crippen molar-refractivity contribution in [1.29, 1.82) is 0 Å². The summed E-state index contributed by atoms with van der Waals surface area (Å²) in [7, 11) is 0. The zero-order chi connectivity index (χ0) is 21.6. The fourth-order valence-corrected chi connectivity index (χ4v) is 6.70. The van der Waals surface area contributed by atoms with Crippen molar-refractivity contribution in [3.63, 3.8) is 0 Å². The predicted octanol–water partition coefficient (Wildman–Crippen LogP) is 3.02. The highest BCUT2D eigenvalue weighted by atomic mass is 16.6. The van der Waals surface area contributed by atoms with E-state index in [1.807, 2.05) is 18.2 Å². The molecule has 0 aromatic carbocycles. The molecule has 168 valence electrons. The fraction of sp³-hybridized carbons (Fsp3) is 0.696. The van der Waals surface area contributed by atoms with Gasteiger partial charge in [0.25, 0.3) is 0 Å². The maximum atomic E-state index is 12.1. The Morgan fingerprint density at radius 1 is 1.29 bits per heavy atom. The summed E-state index contributed by atoms with van der Waals surface area (Å²) >= 11 is 0. The number of likely N-dealkylation sites (tertiary alicyclic amines) is 1. The van der Waals surface area contributed by atoms with E-state index in [9.17, 15) is 14.7 Å². The van der Waals surface area contributed by atoms with E-state index in [1.165, 1.54) is 0 Å². The van der Waals surface area contributed by atoms with E-state index < -0.39 is 11.7 Å². The van der Waals surface area contributed by atoms with Gasteiger partial charge < -0.3 is 15.2 Å². The number of aromatic nitrogens is 1. The van der Waals surface area contributed by atoms with E-state index in [0.717, 1.165) is 63.7 Å². The smallest absolute Gasteiger partial charge is 0.408 e. The molecule has 0 radical (unpaired) electrons. The molecular formula is C23H32N4O4. The molecule has 8 nitrogen and oxygen atoms in total. The van der Waals surface area contributed by atoms with Crippen LogP contribution in [0.25, 0.3) is 0 Å². The Morgan fingerprint density at radius 2 is 2.10 bits per heavy atom. The van der Waals surface area contributed by atoms with Crippen molar-refractivity contribution in [3.8, 4) is 0 Å². The van der Waals surface area contributed by atoms with E-state index in [-0.39, 0.29) is 23.7 Å². The normalized spacial score (nSPS) is 34.5. The summed E-state index contributed by atoms with van der Waals surface area (Å²) in [4.78, 5) is 32.8. The van der Waals surface area contributed by atoms with Crippen LogP contribution in [0.5, 0.6) is 0 Å². The van der Waals surface area contributed by atoms with Crippen molar-refractivity contribution in [3.05, 3.63) is 30.1 Å². The minimum atomic E-state index is -0.762. The van der Waals surface area contributed by atoms with Gasteiger partial charge in [-0.15, -0.1) is 0 Å². The number of amides is 2. The number of pyridine rings is 1. The van der Waals surface area contributed by atoms with Gasteiger partial charge in [0.05, 0.1) is 6.04 Å². The summed E-state index contributed by atoms with van der Waals surface area (Å²) in [6.07, 6.45) is 7.61. The number of carbonyl (C=O) groups excluding carboxylic acids is 1. The number of hydrogen-bond donors (Lipinski definition) is 2. The summed E-state index contributed by atoms with van der Waals surface area (Å²) in [6, 6.07) is 6.33. The highest BCUT2D eigenvalue weighted by molar-refractivity contribution is 5.71. The minimum Gasteiger partial charge on any atom is -0.465 e. The van der Waals surface area contributed by atoms with Gasteiger partial charge in [-0.2, -0.15) is 0 Å². The largest absolute Gasteiger partial charge is 0.465 e. The molecule has 2 N–H and O–H groups in total. The third-order valence-corrected chi connectivity index (χ3v) is 8.37. The first kappa shape index (κ1) is 20.5. The van der Waals surface area contributed by atoms with Crippen molar-refractivity contribution in [1.82, 2.24) is 20.1 Å². The Hall–Kier alpha value is -2.35. The molecular weight excluding hydrogens is 396 g/mol. The first-order chi connectivity index (χ1) is 14.9. The second-order valence-corrected chi connectivity index (χ2v) is 9.73. The molecule has 1 spiro atoms. The van der Waals surface area contributed by atoms with Gasteiger partial charge >= 0.3 is 12.2 Å². The van der Waals surface area contributed by atoms with E-state index in [1.54, 1.807) is 11.1 Å². The van der Waals surface area contributed by atoms with Crippen LogP contribution in [0.2, 0.25) is 0 Å². The van der Waals surface area contributed by atoms with Crippen molar-refractivity contribution >= 4 is 12.2 Å². The summed E-state index contributed by atoms with van der Waals surface area (Å²) in [6.45, 7) is 3.87. The molecule has 0 saturated carbocycles. The van der Waals surface area contributed by atoms with Gasteiger partial charge in [0.1, 0.15) is 5.60 Å². The lowest BCUT2D eigenvalue weighted by Gasteiger charge is -2.51. The maximum Gasteiger partial charge on any atom is 0.408 e. The van der Waals surface area contributed by atoms with Crippen LogP contribution in [0.1, 0.15) is 57.6 Å². The molecule has 4 unspecified atom stereocenters. The predicted molar refractivity (Wildman–Crippen MR) is 114 cm³/mol. The van der Waals surface area contributed by atoms with Crippen LogP contribution in [0.4, 0.5) is 9.59 Å². The molecule has 4 aliphatic rings. The number of carbonyl (C=O) groups is 2. The van der Waals surface area contributed by atoms with E-state index in [4.69, 9.17) is 4.74 Å². The van der Waals surface area contributed by atoms with Crippen molar-refractivity contribution in [2.24, 2.45) is 0 Å². The third kappa shape index (κ3) is 3.45. The van der Waals surface area contributed by atoms with Gasteiger partial charge in [0.2, 0.25) is 0 Å². The summed E-state index contributed by atoms with van der Waals surface area (Å²) < 4.78 is 5.86. The van der Waals surface area contributed by atoms with Gasteiger partial charge in [0, 0.05) is 61.9 Å². The summed E-state index contributed by atoms with van der Waals surface area (Å²) in [5.41, 5.74) is 0.272. The molecule has 5 heterocycles. The number of rotatable bonds is 4. The topological polar surface area (TPSA) is 95.0 Å². The molecule has 1 aromatic rings. The van der Waals surface area contributed by atoms with Crippen LogP contribution >= 0.6 is 0 Å². The molecule has 4 fully saturated rings. The lowest BCUT2D eigenvalue weighted by molar-refractivity contribution is -0.0489. The van der Waals surface area contributed by atoms with Crippen LogP contribution in [0.3, 0.4) is 0 Å². The molecule has 4 saturated heterocycles. The Kier molecular flexibility index (Phi) is 5.07. The molecule has 4 atom stereocenters. The van der Waals surface area contributed by atoms with E-state index in [0.29, 0.717) is 12.5 Å². The Bertz CT molecular complexity index is 841. The van der Waals surface area contributed by atoms with E-state index >= 15 is 0 Å². The molecule has 4 aliphatic heterocycles. The molecule has 31 heavy (non-hydrogen) atoms. The van der Waals surface area contributed by atoms with Crippen LogP contribution in [0.15, 0.2) is 24.4 Å². The Labute approximate surface area is 182 Å². The molecule has 0 aliphatic carbocycles. The van der Waals surface area contributed by atoms with E-state index in [2.05, 4.69) is 22.1 Å². The van der Waals surface area contributed by atoms with Crippen LogP contribution in [-0.2, 0) is 11.2 Å². The number of ether oxygens (including phenoxy) is 1. The van der Waals surface area contributed by atoms with Gasteiger partial charge in [0.15, 0.2) is 0 Å². The van der Waals surface area contributed by atoms with Gasteiger partial charge in [-0.3, -0.25) is 14.8 Å². The van der Waals surface area contributed by atoms with Crippen LogP contribution < -0.4 is 5.32 Å². The number of nitrogens with one attached hydrogen (secondary N) is 1. The first-order valence-electron chi connectivity index (χ1n) is 11.6. The second kappa shape index (κ2) is 7.65. The number of carboxylic acid groups (broad SMARTS) is 1. The number of piperidine rings is 2. The lowest BCUT2D eigenvalue weighted by atomic mass is 9.79. The highest BCUT2D eigenvalue weighted by Crippen LogP contribution is 2.48. The zero-order valence-corrected chi connectivity index (χ0v) is 18.1. The highest BCUT2D eigenvalue weighted by Gasteiger charge is 2.56. The Balaban J connectivity index is 1.27. The first-order valence-corrected chi connectivity index (χ1v) is 11.6. The lowest BCUT2D eigenvalue weighted by Crippen LogP contribution is -2.61. The van der Waals surface area contributed by atoms with Crippen molar-refractivity contribution in [2.75, 3.05) is 13.1 Å². The third-order valence-electron chi connectivity index (χ3n) is 8.37. The second-order valence-electron chi connectivity index (χ2n) is 9.73. The number of nitrogens with zero attached hydrogens (tertiary/aromatic N) is 3. The summed E-state index contributed by atoms with van der Waals surface area (Å²) in [5.74, 6) is 0. The SMILES string of the molecule is CCC12CCC(CC(N3CCC4(CC3)OC(=O)NC4Cc3ccccn3)C1)N2C(=O)O. The molecule has 5 rings (SSSR count). The van der Waals surface area contributed by atoms with Gasteiger partial charge in [-0.05, 0) is 44.2 Å². The molecule has 1 aromatic heterocycles. The van der Waals surface area contributed by atoms with Crippen molar-refractivity contribution in [2.45, 2.75) is 87.6 Å². The average molecular weight is 429 g/mol. The summed E-state index contributed by atoms with van der Waals surface area (Å²) in [5, 5.41) is 12.8. The quantitative estimate of drug-likeness (QED) is 0.766. The van der Waals surface area contributed by atoms with Gasteiger partial charge in [-0.25, -0.2) is 9.59 Å². The molecule has 2 bridgehead atoms.